The molecule has 0 saturated carbocycles. The summed E-state index contributed by atoms with van der Waals surface area (Å²) in [5.74, 6) is 1.08. The first-order valence-electron chi connectivity index (χ1n) is 6.47. The summed E-state index contributed by atoms with van der Waals surface area (Å²) in [4.78, 5) is 8.27. The van der Waals surface area contributed by atoms with E-state index in [-0.39, 0.29) is 6.10 Å². The van der Waals surface area contributed by atoms with E-state index in [4.69, 9.17) is 9.26 Å². The van der Waals surface area contributed by atoms with E-state index in [0.29, 0.717) is 18.3 Å². The molecule has 1 unspecified atom stereocenters. The molecule has 0 bridgehead atoms. The summed E-state index contributed by atoms with van der Waals surface area (Å²) in [6.45, 7) is 2.34. The Kier molecular flexibility index (Phi) is 3.81. The second-order valence-corrected chi connectivity index (χ2v) is 4.53. The summed E-state index contributed by atoms with van der Waals surface area (Å²) in [7, 11) is 0. The van der Waals surface area contributed by atoms with Crippen molar-refractivity contribution in [3.8, 4) is 11.4 Å². The number of rotatable bonds is 4. The number of hydrogen-bond donors (Lipinski definition) is 1. The van der Waals surface area contributed by atoms with Gasteiger partial charge in [-0.25, -0.2) is 0 Å². The van der Waals surface area contributed by atoms with Gasteiger partial charge in [0, 0.05) is 24.5 Å². The number of nitrogens with one attached hydrogen (secondary N) is 1. The number of hydrogen-bond acceptors (Lipinski definition) is 6. The highest BCUT2D eigenvalue weighted by Crippen LogP contribution is 2.15. The van der Waals surface area contributed by atoms with E-state index in [1.165, 1.54) is 0 Å². The first kappa shape index (κ1) is 12.3. The molecule has 0 spiro atoms. The molecule has 3 rings (SSSR count). The molecule has 6 heteroatoms. The number of aromatic nitrogens is 3. The Hall–Kier alpha value is -1.79. The summed E-state index contributed by atoms with van der Waals surface area (Å²) >= 11 is 0. The predicted octanol–water partition coefficient (Wildman–Crippen LogP) is 1.40. The quantitative estimate of drug-likeness (QED) is 0.895. The zero-order valence-electron chi connectivity index (χ0n) is 10.6. The lowest BCUT2D eigenvalue weighted by molar-refractivity contribution is 0.0124. The topological polar surface area (TPSA) is 73.1 Å². The van der Waals surface area contributed by atoms with Crippen LogP contribution in [0.2, 0.25) is 0 Å². The van der Waals surface area contributed by atoms with Gasteiger partial charge < -0.3 is 14.6 Å². The van der Waals surface area contributed by atoms with Crippen molar-refractivity contribution in [2.45, 2.75) is 25.6 Å². The van der Waals surface area contributed by atoms with Crippen molar-refractivity contribution in [1.82, 2.24) is 20.4 Å². The molecule has 1 aliphatic heterocycles. The van der Waals surface area contributed by atoms with Gasteiger partial charge in [0.15, 0.2) is 0 Å². The Morgan fingerprint density at radius 2 is 2.26 bits per heavy atom. The molecule has 0 radical (unpaired) electrons. The molecule has 100 valence electrons. The highest BCUT2D eigenvalue weighted by molar-refractivity contribution is 5.52. The number of pyridine rings is 1. The van der Waals surface area contributed by atoms with Gasteiger partial charge in [-0.05, 0) is 31.5 Å². The first-order chi connectivity index (χ1) is 9.42. The van der Waals surface area contributed by atoms with Gasteiger partial charge in [0.25, 0.3) is 5.89 Å². The molecule has 1 atom stereocenters. The van der Waals surface area contributed by atoms with Gasteiger partial charge in [0.2, 0.25) is 5.82 Å². The molecular formula is C13H16N4O2. The number of piperidine rings is 1. The summed E-state index contributed by atoms with van der Waals surface area (Å²) in [6.07, 6.45) is 5.88. The molecule has 2 aromatic heterocycles. The molecule has 1 saturated heterocycles. The second-order valence-electron chi connectivity index (χ2n) is 4.53. The lowest BCUT2D eigenvalue weighted by Gasteiger charge is -2.22. The van der Waals surface area contributed by atoms with Gasteiger partial charge >= 0.3 is 0 Å². The fourth-order valence-electron chi connectivity index (χ4n) is 2.08. The van der Waals surface area contributed by atoms with Crippen LogP contribution in [0.1, 0.15) is 18.7 Å². The van der Waals surface area contributed by atoms with Crippen LogP contribution < -0.4 is 5.32 Å². The van der Waals surface area contributed by atoms with Gasteiger partial charge in [0.1, 0.15) is 6.61 Å². The van der Waals surface area contributed by atoms with Crippen LogP contribution in [0.15, 0.2) is 29.0 Å². The van der Waals surface area contributed by atoms with Crippen LogP contribution in [0, 0.1) is 0 Å². The molecule has 6 nitrogen and oxygen atoms in total. The lowest BCUT2D eigenvalue weighted by atomic mass is 10.1. The summed E-state index contributed by atoms with van der Waals surface area (Å²) in [5, 5.41) is 7.24. The van der Waals surface area contributed by atoms with Gasteiger partial charge in [-0.1, -0.05) is 5.16 Å². The third kappa shape index (κ3) is 3.15. The zero-order valence-corrected chi connectivity index (χ0v) is 10.6. The normalized spacial score (nSPS) is 19.5. The number of ether oxygens (including phenoxy) is 1. The van der Waals surface area contributed by atoms with E-state index in [1.807, 2.05) is 12.1 Å². The van der Waals surface area contributed by atoms with E-state index in [0.717, 1.165) is 31.5 Å². The van der Waals surface area contributed by atoms with Gasteiger partial charge in [-0.15, -0.1) is 0 Å². The van der Waals surface area contributed by atoms with Crippen molar-refractivity contribution in [1.29, 1.82) is 0 Å². The molecule has 0 amide bonds. The maximum Gasteiger partial charge on any atom is 0.252 e. The van der Waals surface area contributed by atoms with Crippen LogP contribution in [0.25, 0.3) is 11.4 Å². The zero-order chi connectivity index (χ0) is 12.9. The maximum atomic E-state index is 5.75. The fraction of sp³-hybridized carbons (Fsp3) is 0.462. The molecule has 3 heterocycles. The smallest absolute Gasteiger partial charge is 0.252 e. The highest BCUT2D eigenvalue weighted by atomic mass is 16.5. The van der Waals surface area contributed by atoms with E-state index >= 15 is 0 Å². The lowest BCUT2D eigenvalue weighted by Crippen LogP contribution is -2.35. The predicted molar refractivity (Wildman–Crippen MR) is 68.2 cm³/mol. The Balaban J connectivity index is 1.59. The molecule has 19 heavy (non-hydrogen) atoms. The molecule has 0 aliphatic carbocycles. The summed E-state index contributed by atoms with van der Waals surface area (Å²) < 4.78 is 10.9. The van der Waals surface area contributed by atoms with Gasteiger partial charge in [-0.2, -0.15) is 4.98 Å². The minimum absolute atomic E-state index is 0.241. The van der Waals surface area contributed by atoms with Crippen LogP contribution in [0.5, 0.6) is 0 Å². The molecule has 1 fully saturated rings. The van der Waals surface area contributed by atoms with E-state index in [2.05, 4.69) is 20.4 Å². The van der Waals surface area contributed by atoms with Gasteiger partial charge in [0.05, 0.1) is 6.10 Å². The first-order valence-corrected chi connectivity index (χ1v) is 6.47. The highest BCUT2D eigenvalue weighted by Gasteiger charge is 2.15. The van der Waals surface area contributed by atoms with Crippen molar-refractivity contribution in [3.05, 3.63) is 30.4 Å². The second kappa shape index (κ2) is 5.90. The van der Waals surface area contributed by atoms with Crippen LogP contribution >= 0.6 is 0 Å². The number of nitrogens with zero attached hydrogens (tertiary/aromatic N) is 3. The standard InChI is InChI=1S/C13H16N4O2/c1-2-11(8-15-5-1)18-9-12-16-13(17-19-12)10-3-6-14-7-4-10/h3-4,6-7,11,15H,1-2,5,8-9H2. The maximum absolute atomic E-state index is 5.75. The van der Waals surface area contributed by atoms with Gasteiger partial charge in [-0.3, -0.25) is 4.98 Å². The van der Waals surface area contributed by atoms with E-state index < -0.39 is 0 Å². The average Bonchev–Trinajstić information content (AvgIpc) is 2.96. The molecule has 1 N–H and O–H groups in total. The van der Waals surface area contributed by atoms with Crippen LogP contribution in [0.4, 0.5) is 0 Å². The van der Waals surface area contributed by atoms with Crippen molar-refractivity contribution in [2.75, 3.05) is 13.1 Å². The molecular weight excluding hydrogens is 244 g/mol. The van der Waals surface area contributed by atoms with Crippen LogP contribution in [0.3, 0.4) is 0 Å². The van der Waals surface area contributed by atoms with Crippen molar-refractivity contribution in [3.63, 3.8) is 0 Å². The average molecular weight is 260 g/mol. The Morgan fingerprint density at radius 1 is 1.37 bits per heavy atom. The minimum atomic E-state index is 0.241. The minimum Gasteiger partial charge on any atom is -0.367 e. The van der Waals surface area contributed by atoms with Crippen LogP contribution in [-0.2, 0) is 11.3 Å². The Labute approximate surface area is 111 Å². The third-order valence-electron chi connectivity index (χ3n) is 3.10. The molecule has 2 aromatic rings. The largest absolute Gasteiger partial charge is 0.367 e. The van der Waals surface area contributed by atoms with E-state index in [9.17, 15) is 0 Å². The van der Waals surface area contributed by atoms with Crippen molar-refractivity contribution in [2.24, 2.45) is 0 Å². The van der Waals surface area contributed by atoms with E-state index in [1.54, 1.807) is 12.4 Å². The van der Waals surface area contributed by atoms with Crippen LogP contribution in [-0.4, -0.2) is 34.3 Å². The van der Waals surface area contributed by atoms with Crippen molar-refractivity contribution < 1.29 is 9.26 Å². The Bertz CT molecular complexity index is 508. The third-order valence-corrected chi connectivity index (χ3v) is 3.10. The summed E-state index contributed by atoms with van der Waals surface area (Å²) in [5.41, 5.74) is 0.893. The molecule has 1 aliphatic rings. The Morgan fingerprint density at radius 3 is 3.05 bits per heavy atom. The molecule has 0 aromatic carbocycles. The SMILES string of the molecule is c1cc(-c2noc(COC3CCCNC3)n2)ccn1. The monoisotopic (exact) mass is 260 g/mol. The fourth-order valence-corrected chi connectivity index (χ4v) is 2.08. The van der Waals surface area contributed by atoms with Crippen molar-refractivity contribution >= 4 is 0 Å². The summed E-state index contributed by atoms with van der Waals surface area (Å²) in [6, 6.07) is 3.70.